The third kappa shape index (κ3) is 5.57. The van der Waals surface area contributed by atoms with Gasteiger partial charge in [-0.05, 0) is 65.7 Å². The molecule has 0 amide bonds. The molecule has 5 nitrogen and oxygen atoms in total. The summed E-state index contributed by atoms with van der Waals surface area (Å²) in [5.41, 5.74) is 15.5. The third-order valence-electron chi connectivity index (χ3n) is 12.4. The molecule has 0 unspecified atom stereocenters. The molecule has 0 atom stereocenters. The highest BCUT2D eigenvalue weighted by atomic mass is 16.3. The van der Waals surface area contributed by atoms with Gasteiger partial charge in [0, 0.05) is 49.4 Å². The van der Waals surface area contributed by atoms with Crippen LogP contribution in [-0.2, 0) is 0 Å². The molecule has 13 aromatic rings. The predicted molar refractivity (Wildman–Crippen MR) is 258 cm³/mol. The lowest BCUT2D eigenvalue weighted by molar-refractivity contribution is 0.664. The van der Waals surface area contributed by atoms with Crippen LogP contribution in [0.2, 0.25) is 0 Å². The fourth-order valence-corrected chi connectivity index (χ4v) is 9.56. The molecule has 0 aliphatic heterocycles. The summed E-state index contributed by atoms with van der Waals surface area (Å²) in [6.07, 6.45) is 0. The van der Waals surface area contributed by atoms with Gasteiger partial charge in [0.2, 0.25) is 0 Å². The van der Waals surface area contributed by atoms with Crippen LogP contribution in [0, 0.1) is 0 Å². The summed E-state index contributed by atoms with van der Waals surface area (Å²) in [5, 5.41) is 6.35. The first-order chi connectivity index (χ1) is 31.2. The van der Waals surface area contributed by atoms with Crippen molar-refractivity contribution in [2.75, 3.05) is 0 Å². The lowest BCUT2D eigenvalue weighted by Gasteiger charge is -2.21. The van der Waals surface area contributed by atoms with Gasteiger partial charge in [0.1, 0.15) is 22.3 Å². The number of nitrogens with zero attached hydrogens (tertiary/aromatic N) is 3. The standard InChI is InChI=1S/C58H35N3O2/c1-5-17-36(18-6-1)45-33-40(58-59-47(38-21-9-3-10-22-38)35-48(60-58)39-23-11-4-12-24-39)34-46(37-19-7-2-8-20-37)55(45)61-49-27-15-13-25-43(49)53-50(61)31-29-41-42-30-32-52-54(57(42)63-56(41)53)44-26-14-16-28-51(44)62-52/h1-35H. The van der Waals surface area contributed by atoms with E-state index in [4.69, 9.17) is 18.8 Å². The van der Waals surface area contributed by atoms with Gasteiger partial charge >= 0.3 is 0 Å². The summed E-state index contributed by atoms with van der Waals surface area (Å²) in [4.78, 5) is 10.6. The van der Waals surface area contributed by atoms with Crippen LogP contribution in [0.15, 0.2) is 221 Å². The Balaban J connectivity index is 1.14. The number of para-hydroxylation sites is 2. The van der Waals surface area contributed by atoms with E-state index in [1.54, 1.807) is 0 Å². The molecule has 0 aliphatic carbocycles. The topological polar surface area (TPSA) is 57.0 Å². The molecule has 13 rings (SSSR count). The fourth-order valence-electron chi connectivity index (χ4n) is 9.56. The third-order valence-corrected chi connectivity index (χ3v) is 12.4. The van der Waals surface area contributed by atoms with Crippen molar-refractivity contribution in [3.63, 3.8) is 0 Å². The number of hydrogen-bond donors (Lipinski definition) is 0. The van der Waals surface area contributed by atoms with E-state index >= 15 is 0 Å². The van der Waals surface area contributed by atoms with Gasteiger partial charge in [0.05, 0.1) is 38.9 Å². The second-order valence-electron chi connectivity index (χ2n) is 16.1. The average molecular weight is 806 g/mol. The van der Waals surface area contributed by atoms with Crippen LogP contribution in [0.4, 0.5) is 0 Å². The lowest BCUT2D eigenvalue weighted by atomic mass is 9.92. The molecule has 0 bridgehead atoms. The van der Waals surface area contributed by atoms with Gasteiger partial charge in [0.25, 0.3) is 0 Å². The Morgan fingerprint density at radius 2 is 0.841 bits per heavy atom. The second kappa shape index (κ2) is 14.0. The smallest absolute Gasteiger partial charge is 0.160 e. The maximum atomic E-state index is 7.11. The number of benzene rings is 9. The lowest BCUT2D eigenvalue weighted by Crippen LogP contribution is -2.03. The van der Waals surface area contributed by atoms with Crippen LogP contribution in [0.5, 0.6) is 0 Å². The molecule has 4 heterocycles. The normalized spacial score (nSPS) is 11.8. The molecule has 0 aliphatic rings. The zero-order valence-corrected chi connectivity index (χ0v) is 33.9. The van der Waals surface area contributed by atoms with E-state index in [1.165, 1.54) is 0 Å². The van der Waals surface area contributed by atoms with Gasteiger partial charge in [-0.1, -0.05) is 158 Å². The van der Waals surface area contributed by atoms with Crippen LogP contribution < -0.4 is 0 Å². The summed E-state index contributed by atoms with van der Waals surface area (Å²) < 4.78 is 15.9. The summed E-state index contributed by atoms with van der Waals surface area (Å²) in [7, 11) is 0. The van der Waals surface area contributed by atoms with Gasteiger partial charge in [-0.3, -0.25) is 0 Å². The van der Waals surface area contributed by atoms with Crippen LogP contribution in [0.3, 0.4) is 0 Å². The van der Waals surface area contributed by atoms with E-state index in [0.29, 0.717) is 5.82 Å². The van der Waals surface area contributed by atoms with Crippen molar-refractivity contribution >= 4 is 65.7 Å². The SMILES string of the molecule is c1ccc(-c2cc(-c3ccccc3)nc(-c3cc(-c4ccccc4)c(-n4c5ccccc5c5c6oc7c(ccc8oc9ccccc9c87)c6ccc54)c(-c4ccccc4)c3)n2)cc1. The molecular formula is C58H35N3O2. The molecule has 4 aromatic heterocycles. The summed E-state index contributed by atoms with van der Waals surface area (Å²) in [6.45, 7) is 0. The maximum absolute atomic E-state index is 7.11. The molecule has 0 fully saturated rings. The Morgan fingerprint density at radius 3 is 1.46 bits per heavy atom. The summed E-state index contributed by atoms with van der Waals surface area (Å²) in [6, 6.07) is 74.3. The van der Waals surface area contributed by atoms with Crippen molar-refractivity contribution in [1.29, 1.82) is 0 Å². The molecule has 0 spiro atoms. The quantitative estimate of drug-likeness (QED) is 0.168. The molecular weight excluding hydrogens is 771 g/mol. The van der Waals surface area contributed by atoms with Gasteiger partial charge in [-0.2, -0.15) is 0 Å². The van der Waals surface area contributed by atoms with Crippen LogP contribution >= 0.6 is 0 Å². The van der Waals surface area contributed by atoms with E-state index in [2.05, 4.69) is 193 Å². The van der Waals surface area contributed by atoms with Gasteiger partial charge in [-0.15, -0.1) is 0 Å². The van der Waals surface area contributed by atoms with E-state index in [-0.39, 0.29) is 0 Å². The first kappa shape index (κ1) is 35.2. The number of furan rings is 2. The Hall–Kier alpha value is -8.54. The van der Waals surface area contributed by atoms with Crippen LogP contribution in [0.25, 0.3) is 128 Å². The Kier molecular flexibility index (Phi) is 7.84. The number of rotatable bonds is 6. The highest BCUT2D eigenvalue weighted by Crippen LogP contribution is 2.47. The van der Waals surface area contributed by atoms with Crippen LogP contribution in [-0.4, -0.2) is 14.5 Å². The minimum absolute atomic E-state index is 0.653. The van der Waals surface area contributed by atoms with E-state index < -0.39 is 0 Å². The molecule has 0 saturated heterocycles. The Bertz CT molecular complexity index is 3770. The van der Waals surface area contributed by atoms with Crippen LogP contribution in [0.1, 0.15) is 0 Å². The molecule has 294 valence electrons. The zero-order chi connectivity index (χ0) is 41.4. The van der Waals surface area contributed by atoms with E-state index in [9.17, 15) is 0 Å². The van der Waals surface area contributed by atoms with Crippen molar-refractivity contribution in [2.24, 2.45) is 0 Å². The predicted octanol–water partition coefficient (Wildman–Crippen LogP) is 15.7. The maximum Gasteiger partial charge on any atom is 0.160 e. The minimum Gasteiger partial charge on any atom is -0.456 e. The highest BCUT2D eigenvalue weighted by molar-refractivity contribution is 6.28. The van der Waals surface area contributed by atoms with Crippen molar-refractivity contribution in [3.8, 4) is 61.8 Å². The largest absolute Gasteiger partial charge is 0.456 e. The van der Waals surface area contributed by atoms with Crippen molar-refractivity contribution in [3.05, 3.63) is 212 Å². The Labute approximate surface area is 361 Å². The monoisotopic (exact) mass is 805 g/mol. The molecule has 9 aromatic carbocycles. The molecule has 63 heavy (non-hydrogen) atoms. The number of aromatic nitrogens is 3. The summed E-state index contributed by atoms with van der Waals surface area (Å²) >= 11 is 0. The van der Waals surface area contributed by atoms with Gasteiger partial charge in [0.15, 0.2) is 5.82 Å². The van der Waals surface area contributed by atoms with E-state index in [1.807, 2.05) is 24.3 Å². The molecule has 0 saturated carbocycles. The van der Waals surface area contributed by atoms with Crippen molar-refractivity contribution in [1.82, 2.24) is 14.5 Å². The Morgan fingerprint density at radius 1 is 0.333 bits per heavy atom. The molecule has 0 radical (unpaired) electrons. The van der Waals surface area contributed by atoms with Gasteiger partial charge in [-0.25, -0.2) is 9.97 Å². The first-order valence-electron chi connectivity index (χ1n) is 21.2. The first-order valence-corrected chi connectivity index (χ1v) is 21.2. The molecule has 5 heteroatoms. The van der Waals surface area contributed by atoms with Crippen molar-refractivity contribution < 1.29 is 8.83 Å². The van der Waals surface area contributed by atoms with Crippen molar-refractivity contribution in [2.45, 2.75) is 0 Å². The fraction of sp³-hybridized carbons (Fsp3) is 0. The summed E-state index contributed by atoms with van der Waals surface area (Å²) in [5.74, 6) is 0.653. The highest BCUT2D eigenvalue weighted by Gasteiger charge is 2.25. The number of hydrogen-bond acceptors (Lipinski definition) is 4. The number of fused-ring (bicyclic) bond motifs is 11. The zero-order valence-electron chi connectivity index (χ0n) is 33.9. The minimum atomic E-state index is 0.653. The molecule has 0 N–H and O–H groups in total. The average Bonchev–Trinajstić information content (AvgIpc) is 4.04. The van der Waals surface area contributed by atoms with Gasteiger partial charge < -0.3 is 13.4 Å². The van der Waals surface area contributed by atoms with E-state index in [0.717, 1.165) is 122 Å². The second-order valence-corrected chi connectivity index (χ2v) is 16.1.